The molecule has 11 heteroatoms. The van der Waals surface area contributed by atoms with Crippen LogP contribution in [0.15, 0.2) is 36.4 Å². The molecular weight excluding hydrogens is 415 g/mol. The fourth-order valence-electron chi connectivity index (χ4n) is 3.35. The summed E-state index contributed by atoms with van der Waals surface area (Å²) in [6.45, 7) is 2.24. The molecule has 0 saturated carbocycles. The first-order valence-electron chi connectivity index (χ1n) is 8.63. The zero-order valence-corrected chi connectivity index (χ0v) is 15.7. The van der Waals surface area contributed by atoms with Crippen LogP contribution in [0.1, 0.15) is 17.2 Å². The largest absolute Gasteiger partial charge is 0.573 e. The molecule has 0 bridgehead atoms. The number of nitro groups is 1. The van der Waals surface area contributed by atoms with Crippen LogP contribution in [0.4, 0.5) is 18.9 Å². The lowest BCUT2D eigenvalue weighted by Gasteiger charge is -2.35. The van der Waals surface area contributed by atoms with Crippen LogP contribution in [0.3, 0.4) is 0 Å². The molecule has 2 aromatic carbocycles. The second kappa shape index (κ2) is 8.44. The number of nitrogens with one attached hydrogen (secondary N) is 1. The number of nitro benzene ring substituents is 1. The van der Waals surface area contributed by atoms with E-state index in [0.29, 0.717) is 31.7 Å². The Morgan fingerprint density at radius 1 is 1.17 bits per heavy atom. The minimum atomic E-state index is -4.83. The van der Waals surface area contributed by atoms with Gasteiger partial charge in [0, 0.05) is 32.2 Å². The van der Waals surface area contributed by atoms with E-state index in [0.717, 1.165) is 12.1 Å². The Hall–Kier alpha value is -2.56. The molecule has 1 aliphatic heterocycles. The van der Waals surface area contributed by atoms with Crippen LogP contribution in [0.5, 0.6) is 11.5 Å². The van der Waals surface area contributed by atoms with Crippen molar-refractivity contribution in [1.82, 2.24) is 10.2 Å². The third-order valence-electron chi connectivity index (χ3n) is 4.56. The molecule has 1 atom stereocenters. The normalized spacial score (nSPS) is 16.4. The van der Waals surface area contributed by atoms with Crippen LogP contribution in [-0.2, 0) is 0 Å². The number of hydrogen-bond acceptors (Lipinski definition) is 6. The van der Waals surface area contributed by atoms with Crippen molar-refractivity contribution in [1.29, 1.82) is 0 Å². The molecule has 0 aliphatic carbocycles. The van der Waals surface area contributed by atoms with Gasteiger partial charge in [-0.1, -0.05) is 23.7 Å². The summed E-state index contributed by atoms with van der Waals surface area (Å²) >= 11 is 6.01. The van der Waals surface area contributed by atoms with Crippen LogP contribution >= 0.6 is 11.6 Å². The van der Waals surface area contributed by atoms with E-state index in [-0.39, 0.29) is 16.3 Å². The van der Waals surface area contributed by atoms with Crippen molar-refractivity contribution < 1.29 is 27.9 Å². The molecule has 7 nitrogen and oxygen atoms in total. The number of piperazine rings is 1. The molecular formula is C18H17ClF3N3O4. The average molecular weight is 432 g/mol. The fraction of sp³-hybridized carbons (Fsp3) is 0.333. The van der Waals surface area contributed by atoms with Crippen LogP contribution in [-0.4, -0.2) is 47.5 Å². The van der Waals surface area contributed by atoms with E-state index in [4.69, 9.17) is 11.6 Å². The van der Waals surface area contributed by atoms with Crippen molar-refractivity contribution >= 4 is 17.3 Å². The molecule has 0 radical (unpaired) electrons. The Morgan fingerprint density at radius 3 is 2.34 bits per heavy atom. The van der Waals surface area contributed by atoms with Gasteiger partial charge in [-0.05, 0) is 23.8 Å². The summed E-state index contributed by atoms with van der Waals surface area (Å²) in [6.07, 6.45) is -4.83. The Balaban J connectivity index is 2.10. The van der Waals surface area contributed by atoms with Gasteiger partial charge in [0.15, 0.2) is 0 Å². The Kier molecular flexibility index (Phi) is 6.15. The molecule has 0 unspecified atom stereocenters. The highest BCUT2D eigenvalue weighted by molar-refractivity contribution is 6.32. The smallest absolute Gasteiger partial charge is 0.506 e. The number of alkyl halides is 3. The number of benzene rings is 2. The number of rotatable bonds is 5. The van der Waals surface area contributed by atoms with Gasteiger partial charge >= 0.3 is 6.36 Å². The van der Waals surface area contributed by atoms with Gasteiger partial charge in [-0.25, -0.2) is 0 Å². The van der Waals surface area contributed by atoms with E-state index in [1.54, 1.807) is 0 Å². The van der Waals surface area contributed by atoms with Gasteiger partial charge in [-0.3, -0.25) is 15.0 Å². The highest BCUT2D eigenvalue weighted by Gasteiger charge is 2.34. The molecule has 1 heterocycles. The van der Waals surface area contributed by atoms with Gasteiger partial charge in [-0.15, -0.1) is 13.2 Å². The summed E-state index contributed by atoms with van der Waals surface area (Å²) < 4.78 is 41.2. The zero-order valence-electron chi connectivity index (χ0n) is 14.9. The molecule has 2 N–H and O–H groups in total. The van der Waals surface area contributed by atoms with Gasteiger partial charge < -0.3 is 15.2 Å². The summed E-state index contributed by atoms with van der Waals surface area (Å²) in [4.78, 5) is 12.9. The quantitative estimate of drug-likeness (QED) is 0.552. The second-order valence-electron chi connectivity index (χ2n) is 6.39. The van der Waals surface area contributed by atoms with Gasteiger partial charge in [0.1, 0.15) is 11.5 Å². The first-order valence-corrected chi connectivity index (χ1v) is 9.01. The van der Waals surface area contributed by atoms with Crippen molar-refractivity contribution in [3.05, 3.63) is 62.7 Å². The number of halogens is 4. The van der Waals surface area contributed by atoms with E-state index < -0.39 is 28.8 Å². The third kappa shape index (κ3) is 4.89. The molecule has 1 fully saturated rings. The van der Waals surface area contributed by atoms with Crippen molar-refractivity contribution in [2.45, 2.75) is 12.4 Å². The minimum Gasteiger partial charge on any atom is -0.506 e. The van der Waals surface area contributed by atoms with E-state index in [1.807, 2.05) is 4.90 Å². The van der Waals surface area contributed by atoms with Crippen molar-refractivity contribution in [2.24, 2.45) is 0 Å². The van der Waals surface area contributed by atoms with Gasteiger partial charge in [0.05, 0.1) is 21.6 Å². The fourth-order valence-corrected chi connectivity index (χ4v) is 3.52. The Bertz CT molecular complexity index is 887. The van der Waals surface area contributed by atoms with Gasteiger partial charge in [0.25, 0.3) is 5.69 Å². The number of phenols is 1. The SMILES string of the molecule is O=[N+]([O-])c1ccc(Cl)c(O)c1[C@@H](c1ccc(OC(F)(F)F)cc1)N1CCNCC1. The maximum absolute atomic E-state index is 12.4. The third-order valence-corrected chi connectivity index (χ3v) is 4.87. The monoisotopic (exact) mass is 431 g/mol. The van der Waals surface area contributed by atoms with Crippen LogP contribution in [0.25, 0.3) is 0 Å². The number of nitrogens with zero attached hydrogens (tertiary/aromatic N) is 2. The molecule has 0 amide bonds. The molecule has 2 aromatic rings. The van der Waals surface area contributed by atoms with Crippen LogP contribution in [0, 0.1) is 10.1 Å². The van der Waals surface area contributed by atoms with E-state index in [1.165, 1.54) is 24.3 Å². The van der Waals surface area contributed by atoms with Crippen molar-refractivity contribution in [3.63, 3.8) is 0 Å². The van der Waals surface area contributed by atoms with Crippen LogP contribution < -0.4 is 10.1 Å². The lowest BCUT2D eigenvalue weighted by atomic mass is 9.94. The number of hydrogen-bond donors (Lipinski definition) is 2. The summed E-state index contributed by atoms with van der Waals surface area (Å²) in [5, 5.41) is 25.2. The van der Waals surface area contributed by atoms with Gasteiger partial charge in [-0.2, -0.15) is 0 Å². The van der Waals surface area contributed by atoms with Crippen molar-refractivity contribution in [3.8, 4) is 11.5 Å². The predicted molar refractivity (Wildman–Crippen MR) is 99.2 cm³/mol. The molecule has 29 heavy (non-hydrogen) atoms. The number of ether oxygens (including phenoxy) is 1. The standard InChI is InChI=1S/C18H17ClF3N3O4/c19-13-5-6-14(25(27)28)15(17(13)26)16(24-9-7-23-8-10-24)11-1-3-12(4-2-11)29-18(20,21)22/h1-6,16,23,26H,7-10H2/t16-/m1/s1. The first-order chi connectivity index (χ1) is 13.7. The number of aromatic hydroxyl groups is 1. The topological polar surface area (TPSA) is 87.9 Å². The summed E-state index contributed by atoms with van der Waals surface area (Å²) in [6, 6.07) is 6.68. The zero-order chi connectivity index (χ0) is 21.2. The van der Waals surface area contributed by atoms with E-state index >= 15 is 0 Å². The summed E-state index contributed by atoms with van der Waals surface area (Å²) in [5.41, 5.74) is 0.127. The Labute approximate surface area is 168 Å². The highest BCUT2D eigenvalue weighted by Crippen LogP contribution is 2.44. The summed E-state index contributed by atoms with van der Waals surface area (Å²) in [5.74, 6) is -0.842. The lowest BCUT2D eigenvalue weighted by Crippen LogP contribution is -2.45. The highest BCUT2D eigenvalue weighted by atomic mass is 35.5. The van der Waals surface area contributed by atoms with E-state index in [2.05, 4.69) is 10.1 Å². The summed E-state index contributed by atoms with van der Waals surface area (Å²) in [7, 11) is 0. The maximum Gasteiger partial charge on any atom is 0.573 e. The molecule has 1 aliphatic rings. The molecule has 156 valence electrons. The molecule has 3 rings (SSSR count). The maximum atomic E-state index is 12.4. The molecule has 1 saturated heterocycles. The average Bonchev–Trinajstić information content (AvgIpc) is 2.66. The van der Waals surface area contributed by atoms with Crippen molar-refractivity contribution in [2.75, 3.05) is 26.2 Å². The molecule has 0 aromatic heterocycles. The first kappa shape index (κ1) is 21.2. The van der Waals surface area contributed by atoms with Gasteiger partial charge in [0.2, 0.25) is 0 Å². The second-order valence-corrected chi connectivity index (χ2v) is 6.80. The lowest BCUT2D eigenvalue weighted by molar-refractivity contribution is -0.386. The van der Waals surface area contributed by atoms with E-state index in [9.17, 15) is 28.4 Å². The minimum absolute atomic E-state index is 0.00566. The predicted octanol–water partition coefficient (Wildman–Crippen LogP) is 3.85. The molecule has 0 spiro atoms. The number of phenolic OH excluding ortho intramolecular Hbond substituents is 1. The Morgan fingerprint density at radius 2 is 1.79 bits per heavy atom. The van der Waals surface area contributed by atoms with Crippen LogP contribution in [0.2, 0.25) is 5.02 Å².